The van der Waals surface area contributed by atoms with E-state index in [1.807, 2.05) is 24.3 Å². The topological polar surface area (TPSA) is 85.9 Å². The third-order valence-electron chi connectivity index (χ3n) is 5.46. The molecule has 4 heterocycles. The number of aromatic nitrogens is 3. The quantitative estimate of drug-likeness (QED) is 0.629. The van der Waals surface area contributed by atoms with E-state index in [9.17, 15) is 4.79 Å². The van der Waals surface area contributed by atoms with Crippen LogP contribution < -0.4 is 21.1 Å². The van der Waals surface area contributed by atoms with Gasteiger partial charge < -0.3 is 15.5 Å². The van der Waals surface area contributed by atoms with Crippen LogP contribution in [0.1, 0.15) is 25.7 Å². The van der Waals surface area contributed by atoms with E-state index in [2.05, 4.69) is 20.5 Å². The fraction of sp³-hybridized carbons (Fsp3) is 0.450. The van der Waals surface area contributed by atoms with Crippen LogP contribution in [0, 0.1) is 0 Å². The van der Waals surface area contributed by atoms with Gasteiger partial charge in [0, 0.05) is 25.7 Å². The molecule has 2 aromatic heterocycles. The third kappa shape index (κ3) is 3.38. The van der Waals surface area contributed by atoms with Crippen molar-refractivity contribution in [3.63, 3.8) is 0 Å². The zero-order valence-corrected chi connectivity index (χ0v) is 16.5. The minimum Gasteiger partial charge on any atom is -0.365 e. The lowest BCUT2D eigenvalue weighted by Gasteiger charge is -2.26. The van der Waals surface area contributed by atoms with Crippen LogP contribution in [0.5, 0.6) is 0 Å². The van der Waals surface area contributed by atoms with Crippen molar-refractivity contribution in [2.75, 3.05) is 36.4 Å². The molecule has 146 valence electrons. The summed E-state index contributed by atoms with van der Waals surface area (Å²) in [5.41, 5.74) is 1.34. The maximum absolute atomic E-state index is 13.1. The van der Waals surface area contributed by atoms with Crippen LogP contribution >= 0.6 is 11.3 Å². The van der Waals surface area contributed by atoms with Gasteiger partial charge in [-0.3, -0.25) is 9.78 Å². The zero-order chi connectivity index (χ0) is 18.9. The van der Waals surface area contributed by atoms with Gasteiger partial charge in [-0.1, -0.05) is 12.1 Å². The monoisotopic (exact) mass is 396 g/mol. The average molecular weight is 397 g/mol. The van der Waals surface area contributed by atoms with Crippen molar-refractivity contribution in [1.29, 1.82) is 0 Å². The van der Waals surface area contributed by atoms with Crippen LogP contribution in [0.25, 0.3) is 20.8 Å². The van der Waals surface area contributed by atoms with Gasteiger partial charge in [-0.2, -0.15) is 4.98 Å². The number of nitrogens with one attached hydrogen (secondary N) is 3. The van der Waals surface area contributed by atoms with Gasteiger partial charge in [-0.05, 0) is 44.4 Å². The number of para-hydroxylation sites is 1. The fourth-order valence-electron chi connectivity index (χ4n) is 3.99. The summed E-state index contributed by atoms with van der Waals surface area (Å²) in [6.45, 7) is 3.80. The van der Waals surface area contributed by atoms with Gasteiger partial charge in [0.2, 0.25) is 5.95 Å². The van der Waals surface area contributed by atoms with Crippen molar-refractivity contribution in [3.05, 3.63) is 34.6 Å². The number of hydrogen-bond acceptors (Lipinski definition) is 7. The summed E-state index contributed by atoms with van der Waals surface area (Å²) < 4.78 is 1.07. The van der Waals surface area contributed by atoms with Gasteiger partial charge in [-0.25, -0.2) is 4.98 Å². The Morgan fingerprint density at radius 1 is 1.14 bits per heavy atom. The van der Waals surface area contributed by atoms with Crippen LogP contribution in [-0.2, 0) is 0 Å². The predicted octanol–water partition coefficient (Wildman–Crippen LogP) is 2.81. The van der Waals surface area contributed by atoms with Crippen LogP contribution in [-0.4, -0.2) is 47.2 Å². The van der Waals surface area contributed by atoms with Crippen molar-refractivity contribution < 1.29 is 0 Å². The summed E-state index contributed by atoms with van der Waals surface area (Å²) >= 11 is 1.54. The number of H-pyrrole nitrogens is 1. The molecular weight excluding hydrogens is 372 g/mol. The molecule has 0 bridgehead atoms. The smallest absolute Gasteiger partial charge is 0.264 e. The second-order valence-corrected chi connectivity index (χ2v) is 8.51. The molecule has 0 amide bonds. The van der Waals surface area contributed by atoms with Gasteiger partial charge in [0.25, 0.3) is 5.56 Å². The van der Waals surface area contributed by atoms with E-state index in [1.54, 1.807) is 0 Å². The molecule has 3 aromatic rings. The molecule has 5 rings (SSSR count). The van der Waals surface area contributed by atoms with Crippen molar-refractivity contribution in [2.24, 2.45) is 0 Å². The summed E-state index contributed by atoms with van der Waals surface area (Å²) in [5, 5.41) is 7.68. The second kappa shape index (κ2) is 7.52. The molecule has 7 nitrogen and oxygen atoms in total. The summed E-state index contributed by atoms with van der Waals surface area (Å²) in [6, 6.07) is 8.25. The Morgan fingerprint density at radius 3 is 2.79 bits per heavy atom. The third-order valence-corrected chi connectivity index (χ3v) is 6.51. The molecule has 0 unspecified atom stereocenters. The van der Waals surface area contributed by atoms with E-state index in [-0.39, 0.29) is 11.6 Å². The maximum Gasteiger partial charge on any atom is 0.264 e. The molecule has 1 aromatic carbocycles. The normalized spacial score (nSPS) is 20.0. The highest BCUT2D eigenvalue weighted by atomic mass is 32.1. The van der Waals surface area contributed by atoms with Gasteiger partial charge in [-0.15, -0.1) is 11.3 Å². The molecule has 1 atom stereocenters. The van der Waals surface area contributed by atoms with Gasteiger partial charge >= 0.3 is 0 Å². The molecule has 0 aliphatic carbocycles. The van der Waals surface area contributed by atoms with E-state index in [4.69, 9.17) is 9.97 Å². The first-order chi connectivity index (χ1) is 13.8. The van der Waals surface area contributed by atoms with Crippen molar-refractivity contribution in [2.45, 2.75) is 31.7 Å². The summed E-state index contributed by atoms with van der Waals surface area (Å²) in [4.78, 5) is 27.9. The highest BCUT2D eigenvalue weighted by molar-refractivity contribution is 7.21. The molecule has 28 heavy (non-hydrogen) atoms. The van der Waals surface area contributed by atoms with Crippen LogP contribution in [0.15, 0.2) is 29.1 Å². The number of fused-ring (bicyclic) bond motifs is 1. The average Bonchev–Trinajstić information content (AvgIpc) is 3.38. The molecule has 2 aliphatic heterocycles. The van der Waals surface area contributed by atoms with E-state index in [0.29, 0.717) is 22.3 Å². The van der Waals surface area contributed by atoms with Crippen molar-refractivity contribution in [1.82, 2.24) is 20.3 Å². The van der Waals surface area contributed by atoms with E-state index < -0.39 is 0 Å². The number of aromatic amines is 1. The number of nitrogens with zero attached hydrogens (tertiary/aromatic N) is 3. The lowest BCUT2D eigenvalue weighted by Crippen LogP contribution is -2.39. The Morgan fingerprint density at radius 2 is 2.00 bits per heavy atom. The molecule has 0 saturated carbocycles. The summed E-state index contributed by atoms with van der Waals surface area (Å²) in [5.74, 6) is 1.32. The predicted molar refractivity (Wildman–Crippen MR) is 114 cm³/mol. The molecule has 2 aliphatic rings. The Hall–Kier alpha value is -2.45. The number of hydrogen-bond donors (Lipinski definition) is 3. The van der Waals surface area contributed by atoms with Gasteiger partial charge in [0.05, 0.1) is 10.2 Å². The number of rotatable bonds is 4. The Balaban J connectivity index is 1.59. The fourth-order valence-corrected chi connectivity index (χ4v) is 5.00. The van der Waals surface area contributed by atoms with Crippen molar-refractivity contribution in [3.8, 4) is 10.6 Å². The van der Waals surface area contributed by atoms with Crippen LogP contribution in [0.3, 0.4) is 0 Å². The van der Waals surface area contributed by atoms with Crippen LogP contribution in [0.4, 0.5) is 11.8 Å². The zero-order valence-electron chi connectivity index (χ0n) is 15.7. The molecule has 0 radical (unpaired) electrons. The number of benzene rings is 1. The van der Waals surface area contributed by atoms with Gasteiger partial charge in [0.15, 0.2) is 0 Å². The van der Waals surface area contributed by atoms with Crippen LogP contribution in [0.2, 0.25) is 0 Å². The molecule has 0 spiro atoms. The molecule has 2 saturated heterocycles. The molecule has 3 N–H and O–H groups in total. The first-order valence-electron chi connectivity index (χ1n) is 10.0. The molecule has 2 fully saturated rings. The minimum atomic E-state index is -0.123. The lowest BCUT2D eigenvalue weighted by molar-refractivity contribution is 0.479. The summed E-state index contributed by atoms with van der Waals surface area (Å²) in [7, 11) is 0. The van der Waals surface area contributed by atoms with Crippen molar-refractivity contribution >= 4 is 33.3 Å². The van der Waals surface area contributed by atoms with E-state index in [1.165, 1.54) is 11.3 Å². The SMILES string of the molecule is O=c1[nH]c(N2CCCC2)nc(N[C@@H]2CCCNC2)c1-c1nc2ccccc2s1. The summed E-state index contributed by atoms with van der Waals surface area (Å²) in [6.07, 6.45) is 4.47. The Kier molecular flexibility index (Phi) is 4.74. The number of thiazole rings is 1. The number of piperidine rings is 1. The molecular formula is C20H24N6OS. The highest BCUT2D eigenvalue weighted by Crippen LogP contribution is 2.32. The van der Waals surface area contributed by atoms with E-state index in [0.717, 1.165) is 62.1 Å². The standard InChI is InChI=1S/C20H24N6OS/c27-18-16(19-23-14-7-1-2-8-15(14)28-19)17(22-13-6-5-9-21-12-13)24-20(25-18)26-10-3-4-11-26/h1-2,7-8,13,21H,3-6,9-12H2,(H2,22,24,25,27)/t13-/m1/s1. The maximum atomic E-state index is 13.1. The largest absolute Gasteiger partial charge is 0.365 e. The van der Waals surface area contributed by atoms with Gasteiger partial charge in [0.1, 0.15) is 16.4 Å². The lowest BCUT2D eigenvalue weighted by atomic mass is 10.1. The Bertz CT molecular complexity index is 1000. The van der Waals surface area contributed by atoms with E-state index >= 15 is 0 Å². The highest BCUT2D eigenvalue weighted by Gasteiger charge is 2.23. The first-order valence-corrected chi connectivity index (χ1v) is 10.8. The Labute approximate surface area is 167 Å². The minimum absolute atomic E-state index is 0.123. The number of anilines is 2. The second-order valence-electron chi connectivity index (χ2n) is 7.48. The molecule has 8 heteroatoms. The first kappa shape index (κ1) is 17.6.